The van der Waals surface area contributed by atoms with Gasteiger partial charge in [-0.15, -0.1) is 0 Å². The molecular formula is C76H136O6. The molecule has 0 aliphatic carbocycles. The smallest absolute Gasteiger partial charge is 0.306 e. The van der Waals surface area contributed by atoms with Crippen LogP contribution >= 0.6 is 0 Å². The highest BCUT2D eigenvalue weighted by molar-refractivity contribution is 5.71. The molecule has 0 rings (SSSR count). The second kappa shape index (κ2) is 70.3. The van der Waals surface area contributed by atoms with Crippen molar-refractivity contribution in [2.45, 2.75) is 380 Å². The van der Waals surface area contributed by atoms with Crippen LogP contribution in [0.15, 0.2) is 72.9 Å². The van der Waals surface area contributed by atoms with E-state index in [1.807, 2.05) is 0 Å². The molecule has 0 aromatic rings. The highest BCUT2D eigenvalue weighted by Gasteiger charge is 2.19. The average molecular weight is 1150 g/mol. The number of hydrogen-bond acceptors (Lipinski definition) is 6. The predicted octanol–water partition coefficient (Wildman–Crippen LogP) is 24.8. The lowest BCUT2D eigenvalue weighted by molar-refractivity contribution is -0.167. The largest absolute Gasteiger partial charge is 0.462 e. The molecule has 0 fully saturated rings. The van der Waals surface area contributed by atoms with Gasteiger partial charge in [-0.2, -0.15) is 0 Å². The maximum atomic E-state index is 13.0. The number of rotatable bonds is 66. The molecule has 1 unspecified atom stereocenters. The summed E-state index contributed by atoms with van der Waals surface area (Å²) in [5, 5.41) is 0. The molecule has 82 heavy (non-hydrogen) atoms. The summed E-state index contributed by atoms with van der Waals surface area (Å²) in [6, 6.07) is 0. The van der Waals surface area contributed by atoms with Gasteiger partial charge in [-0.3, -0.25) is 14.4 Å². The second-order valence-corrected chi connectivity index (χ2v) is 24.1. The van der Waals surface area contributed by atoms with Crippen molar-refractivity contribution in [3.05, 3.63) is 72.9 Å². The van der Waals surface area contributed by atoms with E-state index in [0.717, 1.165) is 103 Å². The Morgan fingerprint density at radius 3 is 0.756 bits per heavy atom. The Labute approximate surface area is 510 Å². The maximum absolute atomic E-state index is 13.0. The van der Waals surface area contributed by atoms with E-state index in [9.17, 15) is 14.4 Å². The lowest BCUT2D eigenvalue weighted by Crippen LogP contribution is -2.30. The molecule has 0 bridgehead atoms. The number of esters is 3. The van der Waals surface area contributed by atoms with Crippen molar-refractivity contribution in [2.24, 2.45) is 0 Å². The van der Waals surface area contributed by atoms with E-state index in [1.165, 1.54) is 231 Å². The zero-order valence-corrected chi connectivity index (χ0v) is 54.8. The Kier molecular flexibility index (Phi) is 67.6. The quantitative estimate of drug-likeness (QED) is 0.0261. The zero-order valence-electron chi connectivity index (χ0n) is 54.8. The molecule has 0 saturated heterocycles. The van der Waals surface area contributed by atoms with Crippen LogP contribution in [0.25, 0.3) is 0 Å². The Bertz CT molecular complexity index is 1500. The lowest BCUT2D eigenvalue weighted by atomic mass is 10.0. The molecule has 0 aromatic heterocycles. The molecule has 0 heterocycles. The van der Waals surface area contributed by atoms with Gasteiger partial charge in [0.25, 0.3) is 0 Å². The molecule has 0 aromatic carbocycles. The van der Waals surface area contributed by atoms with Crippen molar-refractivity contribution in [3.8, 4) is 0 Å². The second-order valence-electron chi connectivity index (χ2n) is 24.1. The number of carbonyl (C=O) groups excluding carboxylic acids is 3. The monoisotopic (exact) mass is 1150 g/mol. The Morgan fingerprint density at radius 2 is 0.476 bits per heavy atom. The van der Waals surface area contributed by atoms with Crippen LogP contribution in [0.4, 0.5) is 0 Å². The predicted molar refractivity (Wildman–Crippen MR) is 358 cm³/mol. The zero-order chi connectivity index (χ0) is 59.2. The summed E-state index contributed by atoms with van der Waals surface area (Å²) in [7, 11) is 0. The van der Waals surface area contributed by atoms with E-state index < -0.39 is 6.10 Å². The van der Waals surface area contributed by atoms with Gasteiger partial charge in [0, 0.05) is 19.3 Å². The summed E-state index contributed by atoms with van der Waals surface area (Å²) < 4.78 is 17.0. The fourth-order valence-electron chi connectivity index (χ4n) is 10.6. The topological polar surface area (TPSA) is 78.9 Å². The summed E-state index contributed by atoms with van der Waals surface area (Å²) in [6.07, 6.45) is 92.2. The number of unbranched alkanes of at least 4 members (excludes halogenated alkanes) is 43. The van der Waals surface area contributed by atoms with Crippen molar-refractivity contribution < 1.29 is 28.6 Å². The molecule has 0 saturated carbocycles. The van der Waals surface area contributed by atoms with Gasteiger partial charge in [0.2, 0.25) is 0 Å². The van der Waals surface area contributed by atoms with Gasteiger partial charge < -0.3 is 14.2 Å². The van der Waals surface area contributed by atoms with Crippen molar-refractivity contribution in [3.63, 3.8) is 0 Å². The first-order valence-corrected chi connectivity index (χ1v) is 35.9. The Morgan fingerprint density at radius 1 is 0.256 bits per heavy atom. The Balaban J connectivity index is 4.33. The third-order valence-electron chi connectivity index (χ3n) is 15.9. The maximum Gasteiger partial charge on any atom is 0.306 e. The first-order valence-electron chi connectivity index (χ1n) is 35.9. The van der Waals surface area contributed by atoms with Crippen LogP contribution in [-0.4, -0.2) is 37.2 Å². The standard InChI is InChI=1S/C76H136O6/c1-4-7-10-13-16-19-22-25-28-31-33-35-37-38-40-41-43-45-48-51-54-57-60-63-66-69-75(78)81-72-73(71-80-74(77)68-65-62-59-56-53-50-47-30-27-24-21-18-15-12-9-6-3)82-76(79)70-67-64-61-58-55-52-49-46-44-42-39-36-34-32-29-26-23-20-17-14-11-8-5-2/h8,11,17,20,26,29-30,34,36,42,44,47,73H,4-7,9-10,12-16,18-19,21-25,27-28,31-33,35,37-41,43,45-46,48-72H2,1-3H3/b11-8-,20-17-,29-26-,36-34-,44-42-,47-30-. The molecular weight excluding hydrogens is 1010 g/mol. The van der Waals surface area contributed by atoms with Gasteiger partial charge in [-0.1, -0.05) is 338 Å². The first kappa shape index (κ1) is 78.8. The molecule has 0 amide bonds. The van der Waals surface area contributed by atoms with Crippen LogP contribution in [0.2, 0.25) is 0 Å². The van der Waals surface area contributed by atoms with Gasteiger partial charge in [-0.05, 0) is 89.9 Å². The number of ether oxygens (including phenoxy) is 3. The molecule has 6 heteroatoms. The third kappa shape index (κ3) is 67.6. The van der Waals surface area contributed by atoms with Crippen molar-refractivity contribution in [1.82, 2.24) is 0 Å². The molecule has 0 spiro atoms. The van der Waals surface area contributed by atoms with Crippen LogP contribution in [0.5, 0.6) is 0 Å². The highest BCUT2D eigenvalue weighted by atomic mass is 16.6. The molecule has 0 aliphatic rings. The van der Waals surface area contributed by atoms with Gasteiger partial charge >= 0.3 is 17.9 Å². The minimum Gasteiger partial charge on any atom is -0.462 e. The third-order valence-corrected chi connectivity index (χ3v) is 15.9. The molecule has 1 atom stereocenters. The van der Waals surface area contributed by atoms with Gasteiger partial charge in [0.1, 0.15) is 13.2 Å². The van der Waals surface area contributed by atoms with Crippen LogP contribution in [-0.2, 0) is 28.6 Å². The molecule has 476 valence electrons. The average Bonchev–Trinajstić information content (AvgIpc) is 3.47. The summed E-state index contributed by atoms with van der Waals surface area (Å²) in [6.45, 7) is 6.57. The van der Waals surface area contributed by atoms with E-state index >= 15 is 0 Å². The fourth-order valence-corrected chi connectivity index (χ4v) is 10.6. The highest BCUT2D eigenvalue weighted by Crippen LogP contribution is 2.18. The van der Waals surface area contributed by atoms with E-state index in [2.05, 4.69) is 93.7 Å². The summed E-state index contributed by atoms with van der Waals surface area (Å²) in [5.41, 5.74) is 0. The minimum absolute atomic E-state index is 0.0790. The van der Waals surface area contributed by atoms with Crippen LogP contribution < -0.4 is 0 Å². The number of hydrogen-bond donors (Lipinski definition) is 0. The van der Waals surface area contributed by atoms with E-state index in [-0.39, 0.29) is 31.1 Å². The molecule has 0 N–H and O–H groups in total. The lowest BCUT2D eigenvalue weighted by Gasteiger charge is -2.18. The molecule has 0 radical (unpaired) electrons. The van der Waals surface area contributed by atoms with Crippen LogP contribution in [0, 0.1) is 0 Å². The van der Waals surface area contributed by atoms with Crippen LogP contribution in [0.3, 0.4) is 0 Å². The first-order chi connectivity index (χ1) is 40.5. The van der Waals surface area contributed by atoms with Crippen LogP contribution in [0.1, 0.15) is 374 Å². The van der Waals surface area contributed by atoms with Crippen molar-refractivity contribution >= 4 is 17.9 Å². The summed E-state index contributed by atoms with van der Waals surface area (Å²) in [5.74, 6) is -0.876. The van der Waals surface area contributed by atoms with Gasteiger partial charge in [-0.25, -0.2) is 0 Å². The summed E-state index contributed by atoms with van der Waals surface area (Å²) in [4.78, 5) is 38.5. The number of allylic oxidation sites excluding steroid dienone is 12. The van der Waals surface area contributed by atoms with Gasteiger partial charge in [0.05, 0.1) is 0 Å². The van der Waals surface area contributed by atoms with Gasteiger partial charge in [0.15, 0.2) is 6.10 Å². The normalized spacial score (nSPS) is 12.5. The minimum atomic E-state index is -0.786. The van der Waals surface area contributed by atoms with E-state index in [1.54, 1.807) is 0 Å². The molecule has 6 nitrogen and oxygen atoms in total. The number of carbonyl (C=O) groups is 3. The Hall–Kier alpha value is -3.15. The van der Waals surface area contributed by atoms with E-state index in [0.29, 0.717) is 19.3 Å². The summed E-state index contributed by atoms with van der Waals surface area (Å²) >= 11 is 0. The fraction of sp³-hybridized carbons (Fsp3) is 0.803. The SMILES string of the molecule is CC/C=C\C/C=C\C/C=C\C/C=C\C/C=C\CCCCCCCCCC(=O)OC(COC(=O)CCCCCCC/C=C\CCCCCCCCC)COC(=O)CCCCCCCCCCCCCCCCCCCCCCCCCCC. The van der Waals surface area contributed by atoms with Crippen molar-refractivity contribution in [2.75, 3.05) is 13.2 Å². The van der Waals surface area contributed by atoms with Crippen molar-refractivity contribution in [1.29, 1.82) is 0 Å². The van der Waals surface area contributed by atoms with E-state index in [4.69, 9.17) is 14.2 Å². The molecule has 0 aliphatic heterocycles.